The summed E-state index contributed by atoms with van der Waals surface area (Å²) in [7, 11) is 0. The highest BCUT2D eigenvalue weighted by atomic mass is 79.9. The molecule has 2 aliphatic heterocycles. The Kier molecular flexibility index (Phi) is 11.1. The topological polar surface area (TPSA) is 140 Å². The maximum Gasteiger partial charge on any atom is 0.435 e. The first-order valence-electron chi connectivity index (χ1n) is 19.0. The van der Waals surface area contributed by atoms with Crippen molar-refractivity contribution in [3.05, 3.63) is 127 Å². The molecule has 6 aromatic rings. The van der Waals surface area contributed by atoms with Crippen molar-refractivity contribution in [3.63, 3.8) is 0 Å². The molecule has 1 N–H and O–H groups in total. The van der Waals surface area contributed by atoms with Gasteiger partial charge in [-0.25, -0.2) is 9.59 Å². The lowest BCUT2D eigenvalue weighted by molar-refractivity contribution is 0.0521. The summed E-state index contributed by atoms with van der Waals surface area (Å²) >= 11 is 7.04. The first-order chi connectivity index (χ1) is 27.4. The Labute approximate surface area is 353 Å². The molecule has 2 aliphatic rings. The molecule has 4 heterocycles. The van der Waals surface area contributed by atoms with Gasteiger partial charge in [-0.1, -0.05) is 101 Å². The summed E-state index contributed by atoms with van der Waals surface area (Å²) in [6.07, 6.45) is -0.237. The summed E-state index contributed by atoms with van der Waals surface area (Å²) in [5.41, 5.74) is 6.09. The minimum absolute atomic E-state index is 0.188. The van der Waals surface area contributed by atoms with Gasteiger partial charge in [-0.3, -0.25) is 9.59 Å². The lowest BCUT2D eigenvalue weighted by Gasteiger charge is -2.29. The fraction of sp³-hybridized carbons (Fsp3) is 0.318. The zero-order valence-electron chi connectivity index (χ0n) is 33.2. The minimum atomic E-state index is -1.21. The number of hydrogen-bond donors (Lipinski definition) is 1. The average molecular weight is 913 g/mol. The molecule has 0 unspecified atom stereocenters. The zero-order chi connectivity index (χ0) is 41.7. The number of carbonyl (C=O) groups excluding carboxylic acids is 3. The van der Waals surface area contributed by atoms with Gasteiger partial charge >= 0.3 is 12.2 Å². The Hall–Kier alpha value is -5.34. The number of ether oxygens (including phenoxy) is 1. The molecule has 0 aliphatic carbocycles. The van der Waals surface area contributed by atoms with E-state index < -0.39 is 17.8 Å². The summed E-state index contributed by atoms with van der Waals surface area (Å²) in [6, 6.07) is 25.1. The molecule has 58 heavy (non-hydrogen) atoms. The van der Waals surface area contributed by atoms with Gasteiger partial charge in [0.15, 0.2) is 11.4 Å². The summed E-state index contributed by atoms with van der Waals surface area (Å²) < 4.78 is 9.20. The maximum atomic E-state index is 13.5. The number of hydrogen-bond acceptors (Lipinski definition) is 7. The monoisotopic (exact) mass is 910 g/mol. The van der Waals surface area contributed by atoms with Gasteiger partial charge in [0.05, 0.1) is 11.0 Å². The predicted octanol–water partition coefficient (Wildman–Crippen LogP) is 9.60. The Balaban J connectivity index is 0.000000177. The van der Waals surface area contributed by atoms with Gasteiger partial charge in [0.2, 0.25) is 0 Å². The normalized spacial score (nSPS) is 14.1. The van der Waals surface area contributed by atoms with Gasteiger partial charge in [-0.2, -0.15) is 19.6 Å². The molecule has 4 aromatic carbocycles. The highest BCUT2D eigenvalue weighted by Crippen LogP contribution is 2.38. The van der Waals surface area contributed by atoms with Crippen LogP contribution in [0.1, 0.15) is 90.3 Å². The first-order valence-corrected chi connectivity index (χ1v) is 20.6. The average Bonchev–Trinajstić information content (AvgIpc) is 3.75. The van der Waals surface area contributed by atoms with Crippen molar-refractivity contribution in [3.8, 4) is 0 Å². The van der Waals surface area contributed by atoms with Crippen LogP contribution in [0.15, 0.2) is 87.8 Å². The third-order valence-corrected chi connectivity index (χ3v) is 11.3. The van der Waals surface area contributed by atoms with Gasteiger partial charge in [0.1, 0.15) is 5.60 Å². The number of aromatic nitrogens is 4. The number of fused-ring (bicyclic) bond motifs is 4. The molecule has 300 valence electrons. The highest BCUT2D eigenvalue weighted by Gasteiger charge is 2.33. The second-order valence-corrected chi connectivity index (χ2v) is 18.3. The van der Waals surface area contributed by atoms with E-state index in [9.17, 15) is 24.3 Å². The van der Waals surface area contributed by atoms with Crippen molar-refractivity contribution >= 4 is 77.7 Å². The number of carbonyl (C=O) groups is 4. The van der Waals surface area contributed by atoms with Crippen molar-refractivity contribution in [1.29, 1.82) is 0 Å². The van der Waals surface area contributed by atoms with Crippen molar-refractivity contribution < 1.29 is 29.0 Å². The largest absolute Gasteiger partial charge is 0.463 e. The number of benzene rings is 4. The lowest BCUT2D eigenvalue weighted by atomic mass is 9.84. The van der Waals surface area contributed by atoms with Gasteiger partial charge in [-0.15, -0.1) is 0 Å². The molecule has 2 aromatic heterocycles. The number of amides is 2. The van der Waals surface area contributed by atoms with Gasteiger partial charge < -0.3 is 19.6 Å². The second-order valence-electron chi connectivity index (χ2n) is 16.5. The van der Waals surface area contributed by atoms with Crippen molar-refractivity contribution in [2.75, 3.05) is 13.1 Å². The van der Waals surface area contributed by atoms with E-state index in [4.69, 9.17) is 4.74 Å². The van der Waals surface area contributed by atoms with Crippen LogP contribution in [0.5, 0.6) is 0 Å². The fourth-order valence-corrected chi connectivity index (χ4v) is 8.83. The number of carboxylic acid groups (broad SMARTS) is 1. The van der Waals surface area contributed by atoms with Crippen molar-refractivity contribution in [1.82, 2.24) is 29.4 Å². The maximum absolute atomic E-state index is 13.5. The summed E-state index contributed by atoms with van der Waals surface area (Å²) in [5.74, 6) is -0.432. The van der Waals surface area contributed by atoms with Crippen LogP contribution in [0.4, 0.5) is 9.59 Å². The second kappa shape index (κ2) is 15.8. The van der Waals surface area contributed by atoms with Gasteiger partial charge in [0.25, 0.3) is 11.8 Å². The molecule has 0 bridgehead atoms. The van der Waals surface area contributed by atoms with Crippen molar-refractivity contribution in [2.24, 2.45) is 0 Å². The molecule has 2 amide bonds. The third kappa shape index (κ3) is 8.17. The van der Waals surface area contributed by atoms with E-state index >= 15 is 0 Å². The van der Waals surface area contributed by atoms with Gasteiger partial charge in [-0.05, 0) is 97.2 Å². The molecule has 0 saturated carbocycles. The Bertz CT molecular complexity index is 2620. The molecular weight excluding hydrogens is 868 g/mol. The van der Waals surface area contributed by atoms with E-state index in [-0.39, 0.29) is 28.6 Å². The summed E-state index contributed by atoms with van der Waals surface area (Å²) in [5, 5.41) is 19.5. The molecule has 0 radical (unpaired) electrons. The van der Waals surface area contributed by atoms with Crippen LogP contribution >= 0.6 is 31.9 Å². The highest BCUT2D eigenvalue weighted by molar-refractivity contribution is 9.10. The van der Waals surface area contributed by atoms with Crippen LogP contribution < -0.4 is 0 Å². The van der Waals surface area contributed by atoms with Crippen LogP contribution in [0, 0.1) is 0 Å². The fourth-order valence-electron chi connectivity index (χ4n) is 7.55. The molecule has 12 nitrogen and oxygen atoms in total. The quantitative estimate of drug-likeness (QED) is 0.181. The predicted molar refractivity (Wildman–Crippen MR) is 228 cm³/mol. The number of nitrogens with zero attached hydrogens (tertiary/aromatic N) is 6. The molecule has 0 fully saturated rings. The van der Waals surface area contributed by atoms with Crippen LogP contribution in [-0.2, 0) is 36.1 Å². The molecular formula is C44H44Br2N6O6. The van der Waals surface area contributed by atoms with Crippen LogP contribution in [0.2, 0.25) is 0 Å². The van der Waals surface area contributed by atoms with E-state index in [1.807, 2.05) is 75.4 Å². The SMILES string of the molecule is CC(C)(C)OC(=O)n1nc(C(=O)N2CCc3ccccc3C2)c2cc(Br)ccc21.CC(C)(C)c1c(Br)ccc2c1c(C(=O)N1CCc3ccccc3C1)nn2C(=O)O. The van der Waals surface area contributed by atoms with E-state index in [0.717, 1.165) is 43.2 Å². The molecule has 0 spiro atoms. The van der Waals surface area contributed by atoms with E-state index in [1.54, 1.807) is 42.7 Å². The Morgan fingerprint density at radius 1 is 0.672 bits per heavy atom. The third-order valence-electron chi connectivity index (χ3n) is 10.2. The van der Waals surface area contributed by atoms with E-state index in [0.29, 0.717) is 48.0 Å². The molecule has 14 heteroatoms. The molecule has 0 saturated heterocycles. The minimum Gasteiger partial charge on any atom is -0.463 e. The first kappa shape index (κ1) is 40.8. The smallest absolute Gasteiger partial charge is 0.435 e. The zero-order valence-corrected chi connectivity index (χ0v) is 36.3. The number of halogens is 2. The van der Waals surface area contributed by atoms with Crippen LogP contribution in [0.25, 0.3) is 21.8 Å². The van der Waals surface area contributed by atoms with E-state index in [1.165, 1.54) is 15.8 Å². The summed E-state index contributed by atoms with van der Waals surface area (Å²) in [4.78, 5) is 54.8. The standard InChI is InChI=1S/2C22H22BrN3O3/c1-22(2,3)29-21(28)26-18-9-8-16(23)12-17(18)19(24-26)20(27)25-11-10-14-6-4-5-7-15(14)13-25;1-22(2,3)18-15(23)8-9-16-17(18)19(24-26(16)21(28)29)20(27)25-11-10-13-6-4-5-7-14(13)12-25/h4-9,12H,10-11,13H2,1-3H3;4-9H,10-12H2,1-3H3,(H,28,29). The van der Waals surface area contributed by atoms with Crippen molar-refractivity contribution in [2.45, 2.75) is 78.5 Å². The van der Waals surface area contributed by atoms with Crippen LogP contribution in [0.3, 0.4) is 0 Å². The summed E-state index contributed by atoms with van der Waals surface area (Å²) in [6.45, 7) is 13.7. The number of rotatable bonds is 2. The Morgan fingerprint density at radius 2 is 1.19 bits per heavy atom. The molecule has 8 rings (SSSR count). The van der Waals surface area contributed by atoms with Gasteiger partial charge in [0, 0.05) is 45.9 Å². The van der Waals surface area contributed by atoms with Crippen LogP contribution in [-0.4, -0.2) is 77.2 Å². The van der Waals surface area contributed by atoms with E-state index in [2.05, 4.69) is 54.2 Å². The Morgan fingerprint density at radius 3 is 1.72 bits per heavy atom. The lowest BCUT2D eigenvalue weighted by Crippen LogP contribution is -2.36. The molecule has 0 atom stereocenters.